The van der Waals surface area contributed by atoms with Crippen LogP contribution in [0.1, 0.15) is 190 Å². The van der Waals surface area contributed by atoms with Crippen molar-refractivity contribution < 1.29 is 62.6 Å². The number of ether oxygens (including phenoxy) is 1. The van der Waals surface area contributed by atoms with Gasteiger partial charge in [0.15, 0.2) is 0 Å². The van der Waals surface area contributed by atoms with Gasteiger partial charge in [0, 0.05) is 73.9 Å². The van der Waals surface area contributed by atoms with Gasteiger partial charge in [0.25, 0.3) is 5.91 Å². The number of amides is 11. The number of hydrogen-bond donors (Lipinski definition) is 5. The molecule has 0 aromatic rings. The van der Waals surface area contributed by atoms with Gasteiger partial charge in [-0.2, -0.15) is 0 Å². The number of carbonyl (C=O) groups is 11. The number of nitrogens with one attached hydrogen (secondary N) is 4. The number of hydrogen-bond acceptors (Lipinski definition) is 14. The van der Waals surface area contributed by atoms with Crippen LogP contribution in [0.15, 0.2) is 12.2 Å². The van der Waals surface area contributed by atoms with Crippen molar-refractivity contribution in [2.75, 3.05) is 69.0 Å². The van der Waals surface area contributed by atoms with Gasteiger partial charge in [-0.1, -0.05) is 109 Å². The number of piperidine rings is 1. The molecule has 11 amide bonds. The maximum Gasteiger partial charge on any atom is 0.276 e. The lowest BCUT2D eigenvalue weighted by molar-refractivity contribution is -0.226. The lowest BCUT2D eigenvalue weighted by Crippen LogP contribution is -2.70. The Hall–Kier alpha value is -6.21. The summed E-state index contributed by atoms with van der Waals surface area (Å²) >= 11 is 0. The van der Waals surface area contributed by atoms with Gasteiger partial charge in [0.05, 0.1) is 18.8 Å². The van der Waals surface area contributed by atoms with Crippen LogP contribution in [0.25, 0.3) is 0 Å². The molecule has 2 aliphatic heterocycles. The highest BCUT2D eigenvalue weighted by atomic mass is 16.5. The molecule has 2 saturated heterocycles. The smallest absolute Gasteiger partial charge is 0.276 e. The SMILES string of the molecule is C/C=C/C[C@@H](C)[C@@H](O)[C@H]1C(=O)N[C@@H](CC)C(=O)N(C)CC(=O)N(C)[C@@H](CC(C)C)C(=O)N[C@@H](C(C)C)C(=O)N(C)[C@@H](CC(C)C)C(=O)N[C@@H](C)C(=O)N[C@H](C)C(=O)N(C)[C@@H](CC(C)C)C(=O)N(C)[C@@H](CC(C)C)C(=O)N(C)[C@](OC2CCN(C(C)(C)C)CC2)(C(C)C)C(=O)N1C. The van der Waals surface area contributed by atoms with E-state index in [1.807, 2.05) is 68.4 Å². The molecule has 25 heteroatoms. The van der Waals surface area contributed by atoms with Crippen LogP contribution in [-0.4, -0.2) is 256 Å². The number of likely N-dealkylation sites (tertiary alicyclic amines) is 1. The monoisotopic (exact) mass is 1360 g/mol. The first kappa shape index (κ1) is 85.9. The Kier molecular flexibility index (Phi) is 33.7. The summed E-state index contributed by atoms with van der Waals surface area (Å²) in [6.45, 7) is 36.9. The molecule has 0 aromatic carbocycles. The number of likely N-dealkylation sites (N-methyl/N-ethyl adjacent to an activating group) is 7. The Morgan fingerprint density at radius 2 is 1.00 bits per heavy atom. The Labute approximate surface area is 576 Å². The zero-order chi connectivity index (χ0) is 74.1. The zero-order valence-corrected chi connectivity index (χ0v) is 63.7. The van der Waals surface area contributed by atoms with E-state index in [4.69, 9.17) is 4.74 Å². The predicted molar refractivity (Wildman–Crippen MR) is 373 cm³/mol. The maximum atomic E-state index is 16.4. The topological polar surface area (TPSA) is 291 Å². The fraction of sp³-hybridized carbons (Fsp3) is 0.817. The van der Waals surface area contributed by atoms with Crippen LogP contribution in [0, 0.1) is 41.4 Å². The third-order valence-corrected chi connectivity index (χ3v) is 19.1. The summed E-state index contributed by atoms with van der Waals surface area (Å²) in [6.07, 6.45) is 3.07. The van der Waals surface area contributed by atoms with Gasteiger partial charge in [0.1, 0.15) is 54.4 Å². The first-order chi connectivity index (χ1) is 44.3. The van der Waals surface area contributed by atoms with E-state index in [0.717, 1.165) is 9.80 Å². The van der Waals surface area contributed by atoms with E-state index in [9.17, 15) is 38.7 Å². The molecule has 550 valence electrons. The minimum Gasteiger partial charge on any atom is -0.390 e. The van der Waals surface area contributed by atoms with Crippen LogP contribution in [0.4, 0.5) is 0 Å². The third kappa shape index (κ3) is 22.7. The molecular weight excluding hydrogens is 1230 g/mol. The molecule has 2 aliphatic rings. The summed E-state index contributed by atoms with van der Waals surface area (Å²) < 4.78 is 7.22. The Bertz CT molecular complexity index is 2670. The molecule has 2 rings (SSSR count). The van der Waals surface area contributed by atoms with E-state index in [1.54, 1.807) is 47.6 Å². The van der Waals surface area contributed by atoms with Crippen molar-refractivity contribution in [2.45, 2.75) is 268 Å². The van der Waals surface area contributed by atoms with E-state index >= 15 is 19.2 Å². The highest BCUT2D eigenvalue weighted by Gasteiger charge is 2.56. The number of carbonyl (C=O) groups excluding carboxylic acids is 11. The number of aliphatic hydroxyl groups is 1. The van der Waals surface area contributed by atoms with Crippen molar-refractivity contribution >= 4 is 65.0 Å². The lowest BCUT2D eigenvalue weighted by Gasteiger charge is -2.50. The number of nitrogens with zero attached hydrogens (tertiary/aromatic N) is 8. The average Bonchev–Trinajstić information content (AvgIpc) is 0.751. The van der Waals surface area contributed by atoms with E-state index in [-0.39, 0.29) is 67.7 Å². The summed E-state index contributed by atoms with van der Waals surface area (Å²) in [7, 11) is 9.96. The summed E-state index contributed by atoms with van der Waals surface area (Å²) in [5, 5.41) is 23.7. The van der Waals surface area contributed by atoms with Crippen molar-refractivity contribution in [1.29, 1.82) is 0 Å². The molecule has 2 heterocycles. The molecule has 25 nitrogen and oxygen atoms in total. The minimum atomic E-state index is -2.23. The molecule has 0 radical (unpaired) electrons. The van der Waals surface area contributed by atoms with Crippen molar-refractivity contribution in [3.63, 3.8) is 0 Å². The molecule has 0 aliphatic carbocycles. The zero-order valence-electron chi connectivity index (χ0n) is 63.7. The summed E-state index contributed by atoms with van der Waals surface area (Å²) in [6, 6.07) is -11.5. The quantitative estimate of drug-likeness (QED) is 0.121. The van der Waals surface area contributed by atoms with E-state index in [1.165, 1.54) is 87.7 Å². The number of allylic oxidation sites excluding steroid dienone is 2. The Morgan fingerprint density at radius 3 is 1.46 bits per heavy atom. The fourth-order valence-electron chi connectivity index (χ4n) is 12.8. The first-order valence-corrected chi connectivity index (χ1v) is 35.1. The molecule has 0 unspecified atom stereocenters. The highest BCUT2D eigenvalue weighted by molar-refractivity contribution is 6.00. The normalized spacial score (nSPS) is 27.5. The Morgan fingerprint density at radius 1 is 0.552 bits per heavy atom. The van der Waals surface area contributed by atoms with Crippen LogP contribution in [-0.2, 0) is 57.5 Å². The third-order valence-electron chi connectivity index (χ3n) is 19.1. The van der Waals surface area contributed by atoms with Crippen molar-refractivity contribution in [1.82, 2.24) is 60.5 Å². The largest absolute Gasteiger partial charge is 0.390 e. The van der Waals surface area contributed by atoms with E-state index in [2.05, 4.69) is 46.9 Å². The molecular formula is C71H128N12O13. The molecule has 96 heavy (non-hydrogen) atoms. The van der Waals surface area contributed by atoms with Gasteiger partial charge >= 0.3 is 0 Å². The molecule has 12 atom stereocenters. The highest BCUT2D eigenvalue weighted by Crippen LogP contribution is 2.36. The second kappa shape index (κ2) is 37.7. The minimum absolute atomic E-state index is 0.00720. The Balaban J connectivity index is 3.18. The van der Waals surface area contributed by atoms with Crippen LogP contribution in [0.5, 0.6) is 0 Å². The second-order valence-electron chi connectivity index (χ2n) is 30.6. The maximum absolute atomic E-state index is 16.4. The van der Waals surface area contributed by atoms with Gasteiger partial charge in [-0.05, 0) is 128 Å². The predicted octanol–water partition coefficient (Wildman–Crippen LogP) is 4.88. The lowest BCUT2D eigenvalue weighted by atomic mass is 9.89. The molecule has 0 spiro atoms. The summed E-state index contributed by atoms with van der Waals surface area (Å²) in [5.74, 6) is -10.6. The molecule has 2 fully saturated rings. The number of rotatable bonds is 17. The van der Waals surface area contributed by atoms with Crippen molar-refractivity contribution in [3.8, 4) is 0 Å². The average molecular weight is 1360 g/mol. The van der Waals surface area contributed by atoms with Crippen LogP contribution in [0.3, 0.4) is 0 Å². The van der Waals surface area contributed by atoms with Gasteiger partial charge in [-0.25, -0.2) is 0 Å². The van der Waals surface area contributed by atoms with Crippen LogP contribution < -0.4 is 21.3 Å². The van der Waals surface area contributed by atoms with Crippen LogP contribution >= 0.6 is 0 Å². The van der Waals surface area contributed by atoms with Crippen LogP contribution in [0.2, 0.25) is 0 Å². The molecule has 0 saturated carbocycles. The summed E-state index contributed by atoms with van der Waals surface area (Å²) in [5.41, 5.74) is -2.43. The van der Waals surface area contributed by atoms with Crippen molar-refractivity contribution in [3.05, 3.63) is 12.2 Å². The first-order valence-electron chi connectivity index (χ1n) is 35.1. The number of aliphatic hydroxyl groups excluding tert-OH is 1. The second-order valence-corrected chi connectivity index (χ2v) is 30.6. The van der Waals surface area contributed by atoms with Gasteiger partial charge in [-0.3, -0.25) is 57.6 Å². The molecule has 5 N–H and O–H groups in total. The van der Waals surface area contributed by atoms with Gasteiger partial charge in [0.2, 0.25) is 64.8 Å². The fourth-order valence-corrected chi connectivity index (χ4v) is 12.8. The van der Waals surface area contributed by atoms with E-state index in [0.29, 0.717) is 25.9 Å². The molecule has 0 aromatic heterocycles. The van der Waals surface area contributed by atoms with Gasteiger partial charge in [-0.15, -0.1) is 0 Å². The molecule has 0 bridgehead atoms. The van der Waals surface area contributed by atoms with Crippen molar-refractivity contribution in [2.24, 2.45) is 41.4 Å². The van der Waals surface area contributed by atoms with Gasteiger partial charge < -0.3 is 65.4 Å². The summed E-state index contributed by atoms with van der Waals surface area (Å²) in [4.78, 5) is 176. The standard InChI is InChI=1S/C71H128N12O13/c1-28-30-31-47(15)59(85)58-63(89)74-51(29-2)65(91)76(21)40-56(84)77(22)52(36-41(3)4)62(88)75-57(45(11)12)68(94)78(23)53(37-42(5)6)61(87)72-48(16)60(86)73-49(17)64(90)79(24)54(38-43(7)8)66(92)80(25)55(39-44(9)10)67(93)82(27)71(46(13)14,69(95)81(58)26)96-50-32-34-83(35-33-50)70(18,19)20/h28,30,41-55,57-59,85H,29,31-40H2,1-27H3,(H,72,87)(H,73,86)(H,74,89)(H,75,88)/b30-28+/t47-,48+,49-,51+,52+,53+,54+,55+,57+,58+,59-,71+/m1/s1. The van der Waals surface area contributed by atoms with E-state index < -0.39 is 162 Å².